The number of hydrogen-bond acceptors (Lipinski definition) is 7. The summed E-state index contributed by atoms with van der Waals surface area (Å²) in [4.78, 5) is 5.56. The first-order chi connectivity index (χ1) is 9.51. The van der Waals surface area contributed by atoms with Crippen LogP contribution in [0.2, 0.25) is 0 Å². The van der Waals surface area contributed by atoms with Gasteiger partial charge in [0.15, 0.2) is 18.7 Å². The van der Waals surface area contributed by atoms with Crippen molar-refractivity contribution in [1.82, 2.24) is 4.90 Å². The van der Waals surface area contributed by atoms with Crippen LogP contribution < -0.4 is 5.73 Å². The number of epoxide rings is 1. The number of halogens is 2. The second kappa shape index (κ2) is 4.98. The Morgan fingerprint density at radius 2 is 2.35 bits per heavy atom. The fourth-order valence-electron chi connectivity index (χ4n) is 2.34. The van der Waals surface area contributed by atoms with Crippen LogP contribution in [0.15, 0.2) is 17.3 Å². The van der Waals surface area contributed by atoms with Gasteiger partial charge in [0.2, 0.25) is 3.68 Å². The van der Waals surface area contributed by atoms with Gasteiger partial charge < -0.3 is 30.3 Å². The summed E-state index contributed by atoms with van der Waals surface area (Å²) in [6, 6.07) is 0. The minimum absolute atomic E-state index is 0.283. The number of aliphatic imine (C=N–C) groups is 1. The molecule has 3 rings (SSSR count). The van der Waals surface area contributed by atoms with Gasteiger partial charge in [-0.05, 0) is 6.08 Å². The fraction of sp³-hybridized carbons (Fsp3) is 0.636. The highest BCUT2D eigenvalue weighted by atomic mass is 127. The third-order valence-corrected chi connectivity index (χ3v) is 5.81. The molecule has 4 unspecified atom stereocenters. The fourth-order valence-corrected chi connectivity index (χ4v) is 4.04. The van der Waals surface area contributed by atoms with E-state index in [1.54, 1.807) is 6.20 Å². The number of nitrogens with two attached hydrogens (primary N) is 1. The highest BCUT2D eigenvalue weighted by Crippen LogP contribution is 2.47. The second-order valence-electron chi connectivity index (χ2n) is 4.70. The molecule has 4 N–H and O–H groups in total. The van der Waals surface area contributed by atoms with E-state index < -0.39 is 61.9 Å². The van der Waals surface area contributed by atoms with Crippen molar-refractivity contribution >= 4 is 31.1 Å². The first kappa shape index (κ1) is 14.3. The van der Waals surface area contributed by atoms with Gasteiger partial charge in [-0.1, -0.05) is 25.2 Å². The number of rotatable bonds is 3. The van der Waals surface area contributed by atoms with Crippen LogP contribution in [-0.2, 0) is 9.47 Å². The van der Waals surface area contributed by atoms with Crippen LogP contribution in [0.25, 0.3) is 0 Å². The summed E-state index contributed by atoms with van der Waals surface area (Å²) in [6.07, 6.45) is -1.29. The Hall–Kier alpha value is -0.620. The highest BCUT2D eigenvalue weighted by molar-refractivity contribution is 14.2. The maximum atomic E-state index is 15.0. The van der Waals surface area contributed by atoms with Gasteiger partial charge in [0, 0.05) is 6.20 Å². The summed E-state index contributed by atoms with van der Waals surface area (Å²) in [5.74, 6) is 0.283. The molecule has 0 aliphatic carbocycles. The lowest BCUT2D eigenvalue weighted by Crippen LogP contribution is -2.48. The average Bonchev–Trinajstić information content (AvgIpc) is 3.15. The number of aliphatic hydroxyl groups is 2. The molecular formula is C11H15FIN3O4. The van der Waals surface area contributed by atoms with Crippen molar-refractivity contribution in [1.29, 1.82) is 0 Å². The summed E-state index contributed by atoms with van der Waals surface area (Å²) >= 11 is -1.24. The van der Waals surface area contributed by atoms with Crippen molar-refractivity contribution in [2.24, 2.45) is 10.7 Å². The Morgan fingerprint density at radius 3 is 3.00 bits per heavy atom. The van der Waals surface area contributed by atoms with E-state index in [1.807, 2.05) is 0 Å². The number of aliphatic hydroxyl groups excluding tert-OH is 2. The van der Waals surface area contributed by atoms with E-state index in [0.29, 0.717) is 0 Å². The molecule has 6 atom stereocenters. The molecule has 0 bridgehead atoms. The highest BCUT2D eigenvalue weighted by Gasteiger charge is 2.61. The average molecular weight is 399 g/mol. The van der Waals surface area contributed by atoms with Crippen molar-refractivity contribution in [3.63, 3.8) is 0 Å². The SMILES string of the molecule is C=IC1(F)C(O)[C@@H](CO)O[C@H]1N1C=CC(N)=NC2OC21. The molecule has 2 fully saturated rings. The molecule has 0 radical (unpaired) electrons. The third kappa shape index (κ3) is 2.08. The van der Waals surface area contributed by atoms with Crippen molar-refractivity contribution in [3.8, 4) is 0 Å². The Morgan fingerprint density at radius 1 is 1.60 bits per heavy atom. The van der Waals surface area contributed by atoms with E-state index in [-0.39, 0.29) is 5.84 Å². The Labute approximate surface area is 124 Å². The van der Waals surface area contributed by atoms with E-state index in [9.17, 15) is 10.2 Å². The molecule has 0 aromatic rings. The molecule has 3 aliphatic heterocycles. The minimum atomic E-state index is -1.99. The van der Waals surface area contributed by atoms with Gasteiger partial charge in [0.1, 0.15) is 18.0 Å². The molecule has 0 saturated carbocycles. The quantitative estimate of drug-likeness (QED) is 0.320. The molecule has 0 spiro atoms. The summed E-state index contributed by atoms with van der Waals surface area (Å²) in [6.45, 7) is -0.460. The summed E-state index contributed by atoms with van der Waals surface area (Å²) in [5.41, 5.74) is 5.62. The molecule has 112 valence electrons. The Kier molecular flexibility index (Phi) is 3.57. The van der Waals surface area contributed by atoms with E-state index in [0.717, 1.165) is 0 Å². The maximum absolute atomic E-state index is 15.0. The zero-order chi connectivity index (χ0) is 14.5. The summed E-state index contributed by atoms with van der Waals surface area (Å²) in [5, 5.41) is 19.2. The molecule has 7 nitrogen and oxygen atoms in total. The monoisotopic (exact) mass is 399 g/mol. The van der Waals surface area contributed by atoms with Crippen molar-refractivity contribution < 1.29 is 24.1 Å². The molecule has 20 heavy (non-hydrogen) atoms. The molecule has 0 aromatic carbocycles. The minimum Gasteiger partial charge on any atom is -0.394 e. The topological polar surface area (TPSA) is 104 Å². The zero-order valence-corrected chi connectivity index (χ0v) is 12.6. The molecule has 0 amide bonds. The molecule has 3 heterocycles. The number of ether oxygens (including phenoxy) is 2. The second-order valence-corrected chi connectivity index (χ2v) is 7.11. The van der Waals surface area contributed by atoms with Gasteiger partial charge in [0.25, 0.3) is 0 Å². The number of hydrogen-bond donors (Lipinski definition) is 3. The van der Waals surface area contributed by atoms with E-state index in [1.165, 1.54) is 11.0 Å². The van der Waals surface area contributed by atoms with Crippen molar-refractivity contribution in [2.45, 2.75) is 34.6 Å². The van der Waals surface area contributed by atoms with Gasteiger partial charge >= 0.3 is 0 Å². The standard InChI is InChI=1S/C11H15FIN3O4/c1-13-11(12)7(18)5(4-17)19-10(11)16-3-2-6(14)15-8-9(16)20-8/h2-3,5,7-10,17-18H,1,4H2,(H2,14,15)/t5-,7?,8?,9?,10-,11?/m1/s1. The van der Waals surface area contributed by atoms with Crippen LogP contribution in [0.5, 0.6) is 0 Å². The van der Waals surface area contributed by atoms with Gasteiger partial charge in [-0.2, -0.15) is 0 Å². The van der Waals surface area contributed by atoms with Crippen LogP contribution in [0.1, 0.15) is 0 Å². The predicted molar refractivity (Wildman–Crippen MR) is 78.0 cm³/mol. The lowest BCUT2D eigenvalue weighted by atomic mass is 10.1. The van der Waals surface area contributed by atoms with Crippen LogP contribution in [-0.4, -0.2) is 66.6 Å². The van der Waals surface area contributed by atoms with Crippen LogP contribution in [0.4, 0.5) is 4.39 Å². The lowest BCUT2D eigenvalue weighted by Gasteiger charge is -2.31. The number of amidine groups is 1. The Bertz CT molecular complexity index is 490. The number of alkyl halides is 2. The van der Waals surface area contributed by atoms with Crippen LogP contribution in [0.3, 0.4) is 0 Å². The summed E-state index contributed by atoms with van der Waals surface area (Å²) in [7, 11) is 0. The molecular weight excluding hydrogens is 384 g/mol. The van der Waals surface area contributed by atoms with E-state index >= 15 is 4.39 Å². The normalized spacial score (nSPS) is 46.9. The summed E-state index contributed by atoms with van der Waals surface area (Å²) < 4.78 is 27.5. The van der Waals surface area contributed by atoms with Crippen molar-refractivity contribution in [2.75, 3.05) is 6.61 Å². The van der Waals surface area contributed by atoms with Gasteiger partial charge in [-0.25, -0.2) is 9.38 Å². The van der Waals surface area contributed by atoms with Gasteiger partial charge in [-0.15, -0.1) is 0 Å². The molecule has 3 aliphatic rings. The molecule has 2 saturated heterocycles. The zero-order valence-electron chi connectivity index (χ0n) is 10.4. The first-order valence-electron chi connectivity index (χ1n) is 5.98. The van der Waals surface area contributed by atoms with Crippen LogP contribution >= 0.6 is 20.7 Å². The van der Waals surface area contributed by atoms with E-state index in [2.05, 4.69) is 9.51 Å². The number of nitrogens with zero attached hydrogens (tertiary/aromatic N) is 2. The van der Waals surface area contributed by atoms with E-state index in [4.69, 9.17) is 15.2 Å². The van der Waals surface area contributed by atoms with Gasteiger partial charge in [0.05, 0.1) is 6.61 Å². The lowest BCUT2D eigenvalue weighted by molar-refractivity contribution is -0.0842. The maximum Gasteiger partial charge on any atom is 0.228 e. The third-order valence-electron chi connectivity index (χ3n) is 3.47. The van der Waals surface area contributed by atoms with Gasteiger partial charge in [-0.3, -0.25) is 0 Å². The van der Waals surface area contributed by atoms with Crippen molar-refractivity contribution in [3.05, 3.63) is 12.3 Å². The Balaban J connectivity index is 1.90. The largest absolute Gasteiger partial charge is 0.394 e. The number of fused-ring (bicyclic) bond motifs is 1. The first-order valence-corrected chi connectivity index (χ1v) is 8.59. The molecule has 9 heteroatoms. The molecule has 0 aromatic heterocycles. The predicted octanol–water partition coefficient (Wildman–Crippen LogP) is -0.998. The van der Waals surface area contributed by atoms with Crippen LogP contribution in [0, 0.1) is 0 Å². The smallest absolute Gasteiger partial charge is 0.228 e.